The van der Waals surface area contributed by atoms with Crippen LogP contribution in [0.5, 0.6) is 11.5 Å². The molecule has 3 nitrogen and oxygen atoms in total. The Labute approximate surface area is 134 Å². The van der Waals surface area contributed by atoms with Gasteiger partial charge in [0.05, 0.1) is 25.8 Å². The first-order valence-corrected chi connectivity index (χ1v) is 7.56. The van der Waals surface area contributed by atoms with Gasteiger partial charge in [-0.1, -0.05) is 34.1 Å². The van der Waals surface area contributed by atoms with Crippen LogP contribution in [0, 0.1) is 6.92 Å². The zero-order chi connectivity index (χ0) is 15.4. The molecule has 0 aliphatic carbocycles. The fraction of sp³-hybridized carbons (Fsp3) is 0.294. The molecule has 0 amide bonds. The SMILES string of the molecule is CNC(c1cccc(Br)c1C)c1c(OC)cccc1OC. The van der Waals surface area contributed by atoms with E-state index in [1.54, 1.807) is 14.2 Å². The van der Waals surface area contributed by atoms with Crippen LogP contribution in [0.2, 0.25) is 0 Å². The lowest BCUT2D eigenvalue weighted by atomic mass is 9.93. The smallest absolute Gasteiger partial charge is 0.127 e. The van der Waals surface area contributed by atoms with Crippen molar-refractivity contribution in [3.05, 3.63) is 57.6 Å². The summed E-state index contributed by atoms with van der Waals surface area (Å²) in [4.78, 5) is 0. The van der Waals surface area contributed by atoms with E-state index in [1.807, 2.05) is 37.4 Å². The summed E-state index contributed by atoms with van der Waals surface area (Å²) >= 11 is 3.60. The van der Waals surface area contributed by atoms with Gasteiger partial charge in [-0.2, -0.15) is 0 Å². The van der Waals surface area contributed by atoms with Gasteiger partial charge >= 0.3 is 0 Å². The quantitative estimate of drug-likeness (QED) is 0.881. The van der Waals surface area contributed by atoms with E-state index >= 15 is 0 Å². The van der Waals surface area contributed by atoms with E-state index in [9.17, 15) is 0 Å². The van der Waals surface area contributed by atoms with E-state index < -0.39 is 0 Å². The van der Waals surface area contributed by atoms with E-state index in [-0.39, 0.29) is 6.04 Å². The monoisotopic (exact) mass is 349 g/mol. The van der Waals surface area contributed by atoms with Gasteiger partial charge in [-0.15, -0.1) is 0 Å². The Morgan fingerprint density at radius 1 is 1.00 bits per heavy atom. The number of methoxy groups -OCH3 is 2. The lowest BCUT2D eigenvalue weighted by Gasteiger charge is -2.24. The van der Waals surface area contributed by atoms with Crippen LogP contribution in [0.4, 0.5) is 0 Å². The molecule has 21 heavy (non-hydrogen) atoms. The van der Waals surface area contributed by atoms with Crippen LogP contribution in [-0.2, 0) is 0 Å². The minimum absolute atomic E-state index is 0.00593. The van der Waals surface area contributed by atoms with Crippen molar-refractivity contribution in [2.45, 2.75) is 13.0 Å². The van der Waals surface area contributed by atoms with Gasteiger partial charge in [-0.25, -0.2) is 0 Å². The zero-order valence-corrected chi connectivity index (χ0v) is 14.3. The second kappa shape index (κ2) is 6.96. The van der Waals surface area contributed by atoms with Gasteiger partial charge in [-0.05, 0) is 43.3 Å². The average Bonchev–Trinajstić information content (AvgIpc) is 2.52. The van der Waals surface area contributed by atoms with Crippen LogP contribution >= 0.6 is 15.9 Å². The van der Waals surface area contributed by atoms with Crippen molar-refractivity contribution in [1.29, 1.82) is 0 Å². The maximum atomic E-state index is 5.53. The standard InChI is InChI=1S/C17H20BrNO2/c1-11-12(7-5-8-13(11)18)17(19-2)16-14(20-3)9-6-10-15(16)21-4/h5-10,17,19H,1-4H3. The highest BCUT2D eigenvalue weighted by Crippen LogP contribution is 2.39. The first-order chi connectivity index (χ1) is 10.1. The lowest BCUT2D eigenvalue weighted by Crippen LogP contribution is -2.20. The molecule has 0 spiro atoms. The number of ether oxygens (including phenoxy) is 2. The highest BCUT2D eigenvalue weighted by atomic mass is 79.9. The summed E-state index contributed by atoms with van der Waals surface area (Å²) in [5.41, 5.74) is 3.39. The second-order valence-corrected chi connectivity index (χ2v) is 5.61. The predicted molar refractivity (Wildman–Crippen MR) is 89.3 cm³/mol. The molecule has 0 bridgehead atoms. The number of rotatable bonds is 5. The van der Waals surface area contributed by atoms with Crippen LogP contribution in [0.3, 0.4) is 0 Å². The summed E-state index contributed by atoms with van der Waals surface area (Å²) in [5.74, 6) is 1.63. The number of hydrogen-bond donors (Lipinski definition) is 1. The molecule has 0 saturated carbocycles. The topological polar surface area (TPSA) is 30.5 Å². The highest BCUT2D eigenvalue weighted by molar-refractivity contribution is 9.10. The summed E-state index contributed by atoms with van der Waals surface area (Å²) < 4.78 is 12.2. The van der Waals surface area contributed by atoms with Crippen molar-refractivity contribution >= 4 is 15.9 Å². The normalized spacial score (nSPS) is 12.0. The molecule has 2 rings (SSSR count). The Morgan fingerprint density at radius 3 is 2.10 bits per heavy atom. The third-order valence-corrected chi connectivity index (χ3v) is 4.52. The molecule has 0 aromatic heterocycles. The number of halogens is 1. The van der Waals surface area contributed by atoms with Gasteiger partial charge in [0.1, 0.15) is 11.5 Å². The van der Waals surface area contributed by atoms with Crippen LogP contribution in [0.15, 0.2) is 40.9 Å². The molecule has 2 aromatic carbocycles. The van der Waals surface area contributed by atoms with E-state index in [4.69, 9.17) is 9.47 Å². The van der Waals surface area contributed by atoms with E-state index in [1.165, 1.54) is 11.1 Å². The highest BCUT2D eigenvalue weighted by Gasteiger charge is 2.23. The molecule has 0 radical (unpaired) electrons. The van der Waals surface area contributed by atoms with Gasteiger partial charge in [0.2, 0.25) is 0 Å². The largest absolute Gasteiger partial charge is 0.496 e. The van der Waals surface area contributed by atoms with Gasteiger partial charge < -0.3 is 14.8 Å². The average molecular weight is 350 g/mol. The van der Waals surface area contributed by atoms with Gasteiger partial charge in [0, 0.05) is 4.47 Å². The summed E-state index contributed by atoms with van der Waals surface area (Å²) in [6.07, 6.45) is 0. The van der Waals surface area contributed by atoms with Crippen molar-refractivity contribution in [3.63, 3.8) is 0 Å². The third-order valence-electron chi connectivity index (χ3n) is 3.66. The Bertz CT molecular complexity index is 606. The fourth-order valence-corrected chi connectivity index (χ4v) is 2.94. The van der Waals surface area contributed by atoms with Gasteiger partial charge in [-0.3, -0.25) is 0 Å². The van der Waals surface area contributed by atoms with Crippen molar-refractivity contribution in [2.75, 3.05) is 21.3 Å². The van der Waals surface area contributed by atoms with Crippen molar-refractivity contribution in [1.82, 2.24) is 5.32 Å². The van der Waals surface area contributed by atoms with Crippen LogP contribution in [0.25, 0.3) is 0 Å². The Balaban J connectivity index is 2.64. The molecule has 0 aliphatic heterocycles. The van der Waals surface area contributed by atoms with Gasteiger partial charge in [0.15, 0.2) is 0 Å². The molecule has 112 valence electrons. The molecule has 0 heterocycles. The second-order valence-electron chi connectivity index (χ2n) is 4.75. The lowest BCUT2D eigenvalue weighted by molar-refractivity contribution is 0.378. The number of hydrogen-bond acceptors (Lipinski definition) is 3. The summed E-state index contributed by atoms with van der Waals surface area (Å²) in [6.45, 7) is 2.10. The Hall–Kier alpha value is -1.52. The van der Waals surface area contributed by atoms with Crippen LogP contribution in [0.1, 0.15) is 22.7 Å². The van der Waals surface area contributed by atoms with E-state index in [0.29, 0.717) is 0 Å². The third kappa shape index (κ3) is 3.06. The first-order valence-electron chi connectivity index (χ1n) is 6.77. The molecular formula is C17H20BrNO2. The molecule has 1 atom stereocenters. The Kier molecular flexibility index (Phi) is 5.26. The molecule has 1 unspecified atom stereocenters. The minimum atomic E-state index is -0.00593. The van der Waals surface area contributed by atoms with Crippen LogP contribution < -0.4 is 14.8 Å². The summed E-state index contributed by atoms with van der Waals surface area (Å²) in [7, 11) is 5.30. The van der Waals surface area contributed by atoms with Gasteiger partial charge in [0.25, 0.3) is 0 Å². The molecule has 4 heteroatoms. The molecule has 2 aromatic rings. The van der Waals surface area contributed by atoms with Crippen LogP contribution in [-0.4, -0.2) is 21.3 Å². The molecule has 0 aliphatic rings. The summed E-state index contributed by atoms with van der Waals surface area (Å²) in [6, 6.07) is 12.0. The minimum Gasteiger partial charge on any atom is -0.496 e. The molecule has 0 saturated heterocycles. The number of benzene rings is 2. The number of nitrogens with one attached hydrogen (secondary N) is 1. The summed E-state index contributed by atoms with van der Waals surface area (Å²) in [5, 5.41) is 3.37. The maximum absolute atomic E-state index is 5.53. The zero-order valence-electron chi connectivity index (χ0n) is 12.7. The van der Waals surface area contributed by atoms with Crippen molar-refractivity contribution in [2.24, 2.45) is 0 Å². The van der Waals surface area contributed by atoms with E-state index in [2.05, 4.69) is 34.2 Å². The maximum Gasteiger partial charge on any atom is 0.127 e. The van der Waals surface area contributed by atoms with Crippen molar-refractivity contribution in [3.8, 4) is 11.5 Å². The molecule has 0 fully saturated rings. The molecular weight excluding hydrogens is 330 g/mol. The van der Waals surface area contributed by atoms with Crippen molar-refractivity contribution < 1.29 is 9.47 Å². The fourth-order valence-electron chi connectivity index (χ4n) is 2.56. The van der Waals surface area contributed by atoms with E-state index in [0.717, 1.165) is 21.5 Å². The first kappa shape index (κ1) is 15.9. The predicted octanol–water partition coefficient (Wildman–Crippen LogP) is 4.08. The Morgan fingerprint density at radius 2 is 1.57 bits per heavy atom. The molecule has 1 N–H and O–H groups in total.